The Balaban J connectivity index is 1.42. The maximum Gasteiger partial charge on any atom is 0.252 e. The van der Waals surface area contributed by atoms with Crippen LogP contribution in [0.4, 0.5) is 0 Å². The average Bonchev–Trinajstić information content (AvgIpc) is 3.07. The molecule has 5 nitrogen and oxygen atoms in total. The summed E-state index contributed by atoms with van der Waals surface area (Å²) < 4.78 is 6.29. The summed E-state index contributed by atoms with van der Waals surface area (Å²) >= 11 is 3.34. The molecular weight excluding hydrogens is 346 g/mol. The quantitative estimate of drug-likeness (QED) is 0.884. The monoisotopic (exact) mass is 367 g/mol. The summed E-state index contributed by atoms with van der Waals surface area (Å²) in [5.74, 6) is 0.531. The molecule has 2 aliphatic heterocycles. The third kappa shape index (κ3) is 4.06. The van der Waals surface area contributed by atoms with E-state index < -0.39 is 0 Å². The molecule has 0 saturated carbocycles. The fourth-order valence-electron chi connectivity index (χ4n) is 3.21. The fraction of sp³-hybridized carbons (Fsp3) is 0.625. The van der Waals surface area contributed by atoms with Gasteiger partial charge in [-0.05, 0) is 60.3 Å². The maximum absolute atomic E-state index is 12.1. The first-order valence-corrected chi connectivity index (χ1v) is 8.72. The van der Waals surface area contributed by atoms with Gasteiger partial charge in [0, 0.05) is 36.1 Å². The molecule has 1 atom stereocenters. The first kappa shape index (κ1) is 15.9. The Morgan fingerprint density at radius 1 is 1.36 bits per heavy atom. The summed E-state index contributed by atoms with van der Waals surface area (Å²) in [4.78, 5) is 18.7. The Bertz CT molecular complexity index is 512. The van der Waals surface area contributed by atoms with Crippen LogP contribution < -0.4 is 5.32 Å². The van der Waals surface area contributed by atoms with Crippen LogP contribution in [-0.2, 0) is 4.74 Å². The van der Waals surface area contributed by atoms with Gasteiger partial charge >= 0.3 is 0 Å². The molecule has 2 saturated heterocycles. The van der Waals surface area contributed by atoms with Crippen LogP contribution in [0.1, 0.15) is 29.6 Å². The van der Waals surface area contributed by atoms with Gasteiger partial charge in [0.15, 0.2) is 0 Å². The van der Waals surface area contributed by atoms with Crippen molar-refractivity contribution in [3.05, 3.63) is 28.5 Å². The standard InChI is InChI=1S/C16H22BrN3O2/c17-14-7-13(9-18-10-14)16(21)19-8-12-1-4-20(5-2-12)15-3-6-22-11-15/h7,9-10,12,15H,1-6,8,11H2,(H,19,21)/t15-/m0/s1. The van der Waals surface area contributed by atoms with E-state index in [9.17, 15) is 4.79 Å². The summed E-state index contributed by atoms with van der Waals surface area (Å²) in [5.41, 5.74) is 0.606. The third-order valence-corrected chi connectivity index (χ3v) is 5.02. The van der Waals surface area contributed by atoms with Crippen LogP contribution >= 0.6 is 15.9 Å². The molecule has 1 aromatic heterocycles. The summed E-state index contributed by atoms with van der Waals surface area (Å²) in [6.45, 7) is 4.78. The van der Waals surface area contributed by atoms with E-state index in [2.05, 4.69) is 31.1 Å². The van der Waals surface area contributed by atoms with E-state index >= 15 is 0 Å². The lowest BCUT2D eigenvalue weighted by atomic mass is 9.95. The number of piperidine rings is 1. The molecule has 3 heterocycles. The van der Waals surface area contributed by atoms with E-state index in [1.807, 2.05) is 0 Å². The average molecular weight is 368 g/mol. The van der Waals surface area contributed by atoms with E-state index in [-0.39, 0.29) is 5.91 Å². The van der Waals surface area contributed by atoms with Gasteiger partial charge in [0.2, 0.25) is 0 Å². The minimum absolute atomic E-state index is 0.0413. The molecule has 6 heteroatoms. The molecule has 0 aliphatic carbocycles. The van der Waals surface area contributed by atoms with Crippen LogP contribution in [0.25, 0.3) is 0 Å². The normalized spacial score (nSPS) is 23.6. The van der Waals surface area contributed by atoms with Crippen molar-refractivity contribution in [2.24, 2.45) is 5.92 Å². The van der Waals surface area contributed by atoms with Gasteiger partial charge in [-0.2, -0.15) is 0 Å². The second-order valence-corrected chi connectivity index (χ2v) is 7.01. The number of carbonyl (C=O) groups excluding carboxylic acids is 1. The second kappa shape index (κ2) is 7.53. The zero-order valence-corrected chi connectivity index (χ0v) is 14.2. The number of pyridine rings is 1. The predicted molar refractivity (Wildman–Crippen MR) is 87.8 cm³/mol. The van der Waals surface area contributed by atoms with Gasteiger partial charge in [0.1, 0.15) is 0 Å². The summed E-state index contributed by atoms with van der Waals surface area (Å²) in [6, 6.07) is 2.41. The van der Waals surface area contributed by atoms with Gasteiger partial charge < -0.3 is 10.1 Å². The summed E-state index contributed by atoms with van der Waals surface area (Å²) in [5, 5.41) is 3.04. The lowest BCUT2D eigenvalue weighted by molar-refractivity contribution is 0.0911. The number of rotatable bonds is 4. The Morgan fingerprint density at radius 2 is 2.18 bits per heavy atom. The van der Waals surface area contributed by atoms with Crippen molar-refractivity contribution in [1.82, 2.24) is 15.2 Å². The van der Waals surface area contributed by atoms with Gasteiger partial charge in [-0.15, -0.1) is 0 Å². The minimum atomic E-state index is -0.0413. The van der Waals surface area contributed by atoms with Crippen molar-refractivity contribution in [2.45, 2.75) is 25.3 Å². The van der Waals surface area contributed by atoms with Crippen molar-refractivity contribution in [3.63, 3.8) is 0 Å². The van der Waals surface area contributed by atoms with Crippen molar-refractivity contribution < 1.29 is 9.53 Å². The zero-order chi connectivity index (χ0) is 15.4. The van der Waals surface area contributed by atoms with Crippen LogP contribution in [-0.4, -0.2) is 54.7 Å². The predicted octanol–water partition coefficient (Wildman–Crippen LogP) is 2.07. The lowest BCUT2D eigenvalue weighted by Crippen LogP contribution is -2.43. The van der Waals surface area contributed by atoms with Crippen molar-refractivity contribution in [2.75, 3.05) is 32.8 Å². The molecule has 22 heavy (non-hydrogen) atoms. The number of amides is 1. The van der Waals surface area contributed by atoms with Gasteiger partial charge in [-0.1, -0.05) is 0 Å². The molecule has 120 valence electrons. The molecule has 3 rings (SSSR count). The highest BCUT2D eigenvalue weighted by Gasteiger charge is 2.27. The zero-order valence-electron chi connectivity index (χ0n) is 12.6. The van der Waals surface area contributed by atoms with E-state index in [0.717, 1.165) is 56.6 Å². The summed E-state index contributed by atoms with van der Waals surface area (Å²) in [7, 11) is 0. The molecule has 1 aromatic rings. The molecule has 0 bridgehead atoms. The SMILES string of the molecule is O=C(NCC1CCN([C@H]2CCOC2)CC1)c1cncc(Br)c1. The molecular formula is C16H22BrN3O2. The Morgan fingerprint density at radius 3 is 2.86 bits per heavy atom. The Labute approximate surface area is 139 Å². The topological polar surface area (TPSA) is 54.5 Å². The van der Waals surface area contributed by atoms with Crippen LogP contribution in [0.2, 0.25) is 0 Å². The molecule has 0 radical (unpaired) electrons. The molecule has 0 unspecified atom stereocenters. The molecule has 2 aliphatic rings. The van der Waals surface area contributed by atoms with Gasteiger partial charge in [-0.25, -0.2) is 0 Å². The van der Waals surface area contributed by atoms with Crippen LogP contribution in [0.5, 0.6) is 0 Å². The number of nitrogens with one attached hydrogen (secondary N) is 1. The van der Waals surface area contributed by atoms with E-state index in [1.165, 1.54) is 0 Å². The summed E-state index contributed by atoms with van der Waals surface area (Å²) in [6.07, 6.45) is 6.74. The van der Waals surface area contributed by atoms with E-state index in [1.54, 1.807) is 18.5 Å². The number of nitrogens with zero attached hydrogens (tertiary/aromatic N) is 2. The smallest absolute Gasteiger partial charge is 0.252 e. The Hall–Kier alpha value is -0.980. The largest absolute Gasteiger partial charge is 0.380 e. The molecule has 1 N–H and O–H groups in total. The first-order valence-electron chi connectivity index (χ1n) is 7.93. The van der Waals surface area contributed by atoms with Crippen molar-refractivity contribution in [1.29, 1.82) is 0 Å². The first-order chi connectivity index (χ1) is 10.7. The number of hydrogen-bond donors (Lipinski definition) is 1. The van der Waals surface area contributed by atoms with Crippen molar-refractivity contribution >= 4 is 21.8 Å². The molecule has 2 fully saturated rings. The highest BCUT2D eigenvalue weighted by Crippen LogP contribution is 2.22. The number of hydrogen-bond acceptors (Lipinski definition) is 4. The third-order valence-electron chi connectivity index (χ3n) is 4.59. The van der Waals surface area contributed by atoms with Crippen LogP contribution in [0.15, 0.2) is 22.9 Å². The number of aromatic nitrogens is 1. The number of carbonyl (C=O) groups is 1. The van der Waals surface area contributed by atoms with E-state index in [0.29, 0.717) is 17.5 Å². The van der Waals surface area contributed by atoms with Crippen molar-refractivity contribution in [3.8, 4) is 0 Å². The minimum Gasteiger partial charge on any atom is -0.380 e. The second-order valence-electron chi connectivity index (χ2n) is 6.10. The number of ether oxygens (including phenoxy) is 1. The Kier molecular flexibility index (Phi) is 5.44. The van der Waals surface area contributed by atoms with Crippen LogP contribution in [0, 0.1) is 5.92 Å². The lowest BCUT2D eigenvalue weighted by Gasteiger charge is -2.35. The van der Waals surface area contributed by atoms with Gasteiger partial charge in [0.25, 0.3) is 5.91 Å². The fourth-order valence-corrected chi connectivity index (χ4v) is 3.57. The van der Waals surface area contributed by atoms with Crippen LogP contribution in [0.3, 0.4) is 0 Å². The van der Waals surface area contributed by atoms with E-state index in [4.69, 9.17) is 4.74 Å². The number of halogens is 1. The molecule has 1 amide bonds. The van der Waals surface area contributed by atoms with Gasteiger partial charge in [0.05, 0.1) is 12.2 Å². The maximum atomic E-state index is 12.1. The number of likely N-dealkylation sites (tertiary alicyclic amines) is 1. The molecule has 0 aromatic carbocycles. The highest BCUT2D eigenvalue weighted by molar-refractivity contribution is 9.10. The highest BCUT2D eigenvalue weighted by atomic mass is 79.9. The molecule has 0 spiro atoms. The van der Waals surface area contributed by atoms with Gasteiger partial charge in [-0.3, -0.25) is 14.7 Å².